The van der Waals surface area contributed by atoms with E-state index in [4.69, 9.17) is 4.74 Å². The van der Waals surface area contributed by atoms with Gasteiger partial charge in [-0.15, -0.1) is 0 Å². The van der Waals surface area contributed by atoms with Crippen LogP contribution in [0.25, 0.3) is 33.4 Å². The molecule has 7 aromatic carbocycles. The fourth-order valence-electron chi connectivity index (χ4n) is 9.56. The first-order chi connectivity index (χ1) is 26.0. The highest BCUT2D eigenvalue weighted by molar-refractivity contribution is 6.02. The van der Waals surface area contributed by atoms with Crippen molar-refractivity contribution in [3.05, 3.63) is 185 Å². The lowest BCUT2D eigenvalue weighted by atomic mass is 9.80. The number of anilines is 3. The number of benzene rings is 7. The smallest absolute Gasteiger partial charge is 0.129 e. The van der Waals surface area contributed by atoms with Gasteiger partial charge < -0.3 is 9.64 Å². The van der Waals surface area contributed by atoms with Crippen molar-refractivity contribution < 1.29 is 4.74 Å². The Balaban J connectivity index is 1.27. The van der Waals surface area contributed by atoms with E-state index in [1.165, 1.54) is 82.3 Å². The highest BCUT2D eigenvalue weighted by atomic mass is 16.5. The summed E-state index contributed by atoms with van der Waals surface area (Å²) >= 11 is 0. The number of ether oxygens (including phenoxy) is 1. The Labute approximate surface area is 313 Å². The average molecular weight is 686 g/mol. The van der Waals surface area contributed by atoms with E-state index < -0.39 is 0 Å². The second kappa shape index (κ2) is 12.7. The Morgan fingerprint density at radius 2 is 1.13 bits per heavy atom. The van der Waals surface area contributed by atoms with Crippen LogP contribution >= 0.6 is 0 Å². The number of rotatable bonds is 7. The van der Waals surface area contributed by atoms with Gasteiger partial charge in [0, 0.05) is 28.4 Å². The molecule has 0 atom stereocenters. The molecule has 7 aromatic rings. The van der Waals surface area contributed by atoms with Crippen LogP contribution in [0.15, 0.2) is 152 Å². The molecule has 0 heterocycles. The minimum Gasteiger partial charge on any atom is -0.457 e. The SMILES string of the molecule is CC1(C)c2ccccc2-c2c1ccc(N(c1cccc(Oc3ccccc3)c1)c1cccc(-c3ccccc3)c1)c2-c1cc2c(c3c1CCC3)CCC2. The van der Waals surface area contributed by atoms with Crippen molar-refractivity contribution in [3.63, 3.8) is 0 Å². The number of aryl methyl sites for hydroxylation is 1. The van der Waals surface area contributed by atoms with Gasteiger partial charge in [0.2, 0.25) is 0 Å². The van der Waals surface area contributed by atoms with Crippen LogP contribution in [-0.4, -0.2) is 0 Å². The van der Waals surface area contributed by atoms with Crippen LogP contribution in [0.5, 0.6) is 11.5 Å². The second-order valence-corrected chi connectivity index (χ2v) is 15.4. The topological polar surface area (TPSA) is 12.5 Å². The van der Waals surface area contributed by atoms with Crippen molar-refractivity contribution in [2.24, 2.45) is 0 Å². The van der Waals surface area contributed by atoms with Crippen molar-refractivity contribution >= 4 is 17.1 Å². The Morgan fingerprint density at radius 1 is 0.472 bits per heavy atom. The van der Waals surface area contributed by atoms with Crippen LogP contribution < -0.4 is 9.64 Å². The molecule has 10 rings (SSSR count). The van der Waals surface area contributed by atoms with Crippen molar-refractivity contribution in [1.82, 2.24) is 0 Å². The van der Waals surface area contributed by atoms with E-state index in [9.17, 15) is 0 Å². The molecule has 0 aromatic heterocycles. The molecular weight excluding hydrogens is 643 g/mol. The predicted octanol–water partition coefficient (Wildman–Crippen LogP) is 13.6. The molecule has 0 saturated heterocycles. The van der Waals surface area contributed by atoms with Gasteiger partial charge in [-0.2, -0.15) is 0 Å². The zero-order chi connectivity index (χ0) is 35.5. The van der Waals surface area contributed by atoms with Gasteiger partial charge in [-0.05, 0) is 142 Å². The van der Waals surface area contributed by atoms with E-state index in [0.717, 1.165) is 29.3 Å². The third-order valence-electron chi connectivity index (χ3n) is 12.0. The number of fused-ring (bicyclic) bond motifs is 6. The lowest BCUT2D eigenvalue weighted by Gasteiger charge is -2.31. The van der Waals surface area contributed by atoms with Crippen molar-refractivity contribution in [2.45, 2.75) is 57.8 Å². The van der Waals surface area contributed by atoms with E-state index in [-0.39, 0.29) is 5.41 Å². The van der Waals surface area contributed by atoms with E-state index in [1.807, 2.05) is 30.3 Å². The fraction of sp³-hybridized carbons (Fsp3) is 0.176. The first-order valence-corrected chi connectivity index (χ1v) is 19.3. The minimum atomic E-state index is -0.111. The van der Waals surface area contributed by atoms with Gasteiger partial charge in [-0.25, -0.2) is 0 Å². The van der Waals surface area contributed by atoms with Gasteiger partial charge in [0.25, 0.3) is 0 Å². The fourth-order valence-corrected chi connectivity index (χ4v) is 9.56. The first-order valence-electron chi connectivity index (χ1n) is 19.3. The summed E-state index contributed by atoms with van der Waals surface area (Å²) in [4.78, 5) is 2.49. The van der Waals surface area contributed by atoms with Gasteiger partial charge in [0.05, 0.1) is 5.69 Å². The highest BCUT2D eigenvalue weighted by Crippen LogP contribution is 2.57. The summed E-state index contributed by atoms with van der Waals surface area (Å²) in [7, 11) is 0. The van der Waals surface area contributed by atoms with Crippen molar-refractivity contribution in [2.75, 3.05) is 4.90 Å². The zero-order valence-electron chi connectivity index (χ0n) is 30.5. The van der Waals surface area contributed by atoms with Crippen LogP contribution in [0.2, 0.25) is 0 Å². The molecule has 0 radical (unpaired) electrons. The number of nitrogens with zero attached hydrogens (tertiary/aromatic N) is 1. The second-order valence-electron chi connectivity index (χ2n) is 15.4. The van der Waals surface area contributed by atoms with Gasteiger partial charge in [-0.3, -0.25) is 0 Å². The Hall–Kier alpha value is -5.86. The largest absolute Gasteiger partial charge is 0.457 e. The highest BCUT2D eigenvalue weighted by Gasteiger charge is 2.39. The Bertz CT molecular complexity index is 2510. The predicted molar refractivity (Wildman–Crippen MR) is 220 cm³/mol. The van der Waals surface area contributed by atoms with Crippen LogP contribution in [0.3, 0.4) is 0 Å². The Kier molecular flexibility index (Phi) is 7.61. The quantitative estimate of drug-likeness (QED) is 0.166. The molecule has 0 spiro atoms. The molecule has 3 aliphatic carbocycles. The van der Waals surface area contributed by atoms with E-state index in [2.05, 4.69) is 140 Å². The van der Waals surface area contributed by atoms with Crippen molar-refractivity contribution in [3.8, 4) is 44.9 Å². The molecule has 258 valence electrons. The zero-order valence-corrected chi connectivity index (χ0v) is 30.5. The molecular formula is C51H43NO. The molecule has 0 bridgehead atoms. The summed E-state index contributed by atoms with van der Waals surface area (Å²) in [5.74, 6) is 1.64. The molecule has 0 amide bonds. The normalized spacial score (nSPS) is 14.7. The van der Waals surface area contributed by atoms with Gasteiger partial charge in [0.1, 0.15) is 11.5 Å². The average Bonchev–Trinajstić information content (AvgIpc) is 3.93. The summed E-state index contributed by atoms with van der Waals surface area (Å²) in [5, 5.41) is 0. The van der Waals surface area contributed by atoms with Crippen LogP contribution in [0.1, 0.15) is 60.1 Å². The molecule has 0 fully saturated rings. The third kappa shape index (κ3) is 5.31. The molecule has 0 N–H and O–H groups in total. The lowest BCUT2D eigenvalue weighted by Crippen LogP contribution is -2.16. The summed E-state index contributed by atoms with van der Waals surface area (Å²) in [6, 6.07) is 55.0. The first kappa shape index (κ1) is 31.8. The van der Waals surface area contributed by atoms with Crippen LogP contribution in [-0.2, 0) is 31.1 Å². The van der Waals surface area contributed by atoms with Gasteiger partial charge in [-0.1, -0.05) is 117 Å². The maximum atomic E-state index is 6.48. The molecule has 0 saturated carbocycles. The van der Waals surface area contributed by atoms with E-state index in [1.54, 1.807) is 22.3 Å². The summed E-state index contributed by atoms with van der Waals surface area (Å²) < 4.78 is 6.48. The van der Waals surface area contributed by atoms with Crippen LogP contribution in [0.4, 0.5) is 17.1 Å². The van der Waals surface area contributed by atoms with E-state index >= 15 is 0 Å². The van der Waals surface area contributed by atoms with Crippen LogP contribution in [0, 0.1) is 0 Å². The number of hydrogen-bond donors (Lipinski definition) is 0. The van der Waals surface area contributed by atoms with E-state index in [0.29, 0.717) is 0 Å². The maximum absolute atomic E-state index is 6.48. The van der Waals surface area contributed by atoms with Crippen molar-refractivity contribution in [1.29, 1.82) is 0 Å². The molecule has 2 heteroatoms. The Morgan fingerprint density at radius 3 is 1.98 bits per heavy atom. The third-order valence-corrected chi connectivity index (χ3v) is 12.0. The maximum Gasteiger partial charge on any atom is 0.129 e. The molecule has 3 aliphatic rings. The minimum absolute atomic E-state index is 0.111. The molecule has 0 aliphatic heterocycles. The summed E-state index contributed by atoms with van der Waals surface area (Å²) in [5.41, 5.74) is 20.4. The molecule has 53 heavy (non-hydrogen) atoms. The monoisotopic (exact) mass is 685 g/mol. The lowest BCUT2D eigenvalue weighted by molar-refractivity contribution is 0.483. The van der Waals surface area contributed by atoms with Gasteiger partial charge in [0.15, 0.2) is 0 Å². The summed E-state index contributed by atoms with van der Waals surface area (Å²) in [6.07, 6.45) is 7.21. The molecule has 0 unspecified atom stereocenters. The summed E-state index contributed by atoms with van der Waals surface area (Å²) in [6.45, 7) is 4.81. The number of hydrogen-bond acceptors (Lipinski definition) is 2. The molecule has 2 nitrogen and oxygen atoms in total. The van der Waals surface area contributed by atoms with Gasteiger partial charge >= 0.3 is 0 Å². The number of para-hydroxylation sites is 1. The standard InChI is InChI=1S/C51H43NO/c1-51(2)46-28-10-9-24-44(46)49-47(51)29-30-48(50(49)45-32-36-18-12-25-41(36)42-26-14-27-43(42)45)52(37-19-11-17-35(31-37)34-15-5-3-6-16-34)38-20-13-23-40(33-38)53-39-21-7-4-8-22-39/h3-11,13,15-17,19-24,28-33H,12,14,18,25-27H2,1-2H3.